The van der Waals surface area contributed by atoms with Crippen molar-refractivity contribution in [3.8, 4) is 0 Å². The summed E-state index contributed by atoms with van der Waals surface area (Å²) in [6.45, 7) is 6.40. The van der Waals surface area contributed by atoms with Gasteiger partial charge in [-0.05, 0) is 25.0 Å². The van der Waals surface area contributed by atoms with Gasteiger partial charge in [0.25, 0.3) is 0 Å². The Morgan fingerprint density at radius 1 is 0.447 bits per heavy atom. The van der Waals surface area contributed by atoms with Crippen LogP contribution in [0.15, 0.2) is 28.2 Å². The number of pyridine rings is 1. The van der Waals surface area contributed by atoms with Crippen LogP contribution in [0.5, 0.6) is 0 Å². The molecule has 0 aliphatic rings. The molecule has 0 bridgehead atoms. The van der Waals surface area contributed by atoms with Crippen molar-refractivity contribution in [2.24, 2.45) is 9.98 Å². The van der Waals surface area contributed by atoms with Crippen molar-refractivity contribution in [2.45, 2.75) is 168 Å². The Hall–Kier alpha value is -1.51. The molecule has 1 rings (SSSR count). The molecule has 0 aliphatic carbocycles. The third-order valence-corrected chi connectivity index (χ3v) is 7.52. The fourth-order valence-electron chi connectivity index (χ4n) is 5.02. The second-order valence-electron chi connectivity index (χ2n) is 11.3. The smallest absolute Gasteiger partial charge is 0.0815 e. The largest absolute Gasteiger partial charge is 0.291 e. The fraction of sp³-hybridized carbons (Fsp3) is 0.800. The summed E-state index contributed by atoms with van der Waals surface area (Å²) in [7, 11) is 0. The first-order valence-electron chi connectivity index (χ1n) is 16.8. The van der Waals surface area contributed by atoms with Gasteiger partial charge < -0.3 is 0 Å². The van der Waals surface area contributed by atoms with Crippen LogP contribution in [0.3, 0.4) is 0 Å². The number of hydrogen-bond acceptors (Lipinski definition) is 3. The van der Waals surface area contributed by atoms with E-state index in [1.54, 1.807) is 0 Å². The highest BCUT2D eigenvalue weighted by Gasteiger charge is 1.96. The molecule has 38 heavy (non-hydrogen) atoms. The molecule has 3 nitrogen and oxygen atoms in total. The average Bonchev–Trinajstić information content (AvgIpc) is 2.93. The van der Waals surface area contributed by atoms with Crippen molar-refractivity contribution >= 4 is 12.4 Å². The minimum Gasteiger partial charge on any atom is -0.291 e. The summed E-state index contributed by atoms with van der Waals surface area (Å²) >= 11 is 0. The van der Waals surface area contributed by atoms with Crippen LogP contribution in [-0.4, -0.2) is 30.5 Å². The minimum atomic E-state index is 0.913. The Morgan fingerprint density at radius 3 is 1.05 bits per heavy atom. The monoisotopic (exact) mass is 526 g/mol. The van der Waals surface area contributed by atoms with Crippen LogP contribution in [0.1, 0.15) is 179 Å². The molecule has 0 saturated heterocycles. The topological polar surface area (TPSA) is 37.6 Å². The third kappa shape index (κ3) is 23.6. The van der Waals surface area contributed by atoms with Gasteiger partial charge in [-0.15, -0.1) is 0 Å². The predicted molar refractivity (Wildman–Crippen MR) is 171 cm³/mol. The molecule has 0 atom stereocenters. The van der Waals surface area contributed by atoms with E-state index in [1.807, 2.05) is 24.6 Å². The number of hydrogen-bond donors (Lipinski definition) is 0. The summed E-state index contributed by atoms with van der Waals surface area (Å²) in [6, 6.07) is 6.13. The van der Waals surface area contributed by atoms with Crippen molar-refractivity contribution in [1.29, 1.82) is 0 Å². The average molecular weight is 526 g/mol. The number of unbranched alkanes of at least 4 members (excludes halogenated alkanes) is 22. The van der Waals surface area contributed by atoms with E-state index in [9.17, 15) is 0 Å². The van der Waals surface area contributed by atoms with Gasteiger partial charge in [0.2, 0.25) is 0 Å². The number of aliphatic imine (C=N–C) groups is 2. The molecule has 0 aliphatic heterocycles. The maximum atomic E-state index is 4.67. The van der Waals surface area contributed by atoms with Crippen molar-refractivity contribution < 1.29 is 0 Å². The highest BCUT2D eigenvalue weighted by atomic mass is 14.8. The number of rotatable bonds is 28. The van der Waals surface area contributed by atoms with E-state index in [1.165, 1.54) is 154 Å². The number of aromatic nitrogens is 1. The molecule has 218 valence electrons. The zero-order valence-electron chi connectivity index (χ0n) is 25.6. The van der Waals surface area contributed by atoms with E-state index in [4.69, 9.17) is 0 Å². The summed E-state index contributed by atoms with van der Waals surface area (Å²) < 4.78 is 0. The second kappa shape index (κ2) is 28.5. The van der Waals surface area contributed by atoms with E-state index in [2.05, 4.69) is 34.9 Å². The lowest BCUT2D eigenvalue weighted by Gasteiger charge is -2.02. The van der Waals surface area contributed by atoms with Crippen LogP contribution >= 0.6 is 0 Å². The van der Waals surface area contributed by atoms with Gasteiger partial charge in [-0.3, -0.25) is 9.98 Å². The van der Waals surface area contributed by atoms with Crippen LogP contribution < -0.4 is 0 Å². The standard InChI is InChI=1S/C35H63N3/c1-3-5-7-9-11-13-15-17-19-21-23-25-30-36-32-34-28-27-29-35(38-34)33-37-31-26-24-22-20-18-16-14-12-10-8-6-4-2/h27-29,32-33H,3-26,30-31H2,1-2H3. The third-order valence-electron chi connectivity index (χ3n) is 7.52. The molecule has 0 N–H and O–H groups in total. The lowest BCUT2D eigenvalue weighted by molar-refractivity contribution is 0.545. The molecule has 0 aromatic carbocycles. The van der Waals surface area contributed by atoms with Gasteiger partial charge in [-0.2, -0.15) is 0 Å². The van der Waals surface area contributed by atoms with Crippen LogP contribution in [0.2, 0.25) is 0 Å². The molecular weight excluding hydrogens is 462 g/mol. The first-order valence-corrected chi connectivity index (χ1v) is 16.8. The normalized spacial score (nSPS) is 11.8. The summed E-state index contributed by atoms with van der Waals surface area (Å²) in [5, 5.41) is 0. The van der Waals surface area contributed by atoms with E-state index >= 15 is 0 Å². The lowest BCUT2D eigenvalue weighted by Crippen LogP contribution is -1.95. The molecule has 0 unspecified atom stereocenters. The van der Waals surface area contributed by atoms with E-state index < -0.39 is 0 Å². The quantitative estimate of drug-likeness (QED) is 0.0791. The Balaban J connectivity index is 1.97. The molecule has 1 aromatic rings. The van der Waals surface area contributed by atoms with Gasteiger partial charge >= 0.3 is 0 Å². The van der Waals surface area contributed by atoms with Crippen molar-refractivity contribution in [1.82, 2.24) is 4.98 Å². The van der Waals surface area contributed by atoms with Crippen LogP contribution in [0.4, 0.5) is 0 Å². The SMILES string of the molecule is CCCCCCCCCCCCCCN=Cc1cccc(C=NCCCCCCCCCCCCCC)n1. The maximum Gasteiger partial charge on any atom is 0.0815 e. The summed E-state index contributed by atoms with van der Waals surface area (Å²) in [5.74, 6) is 0. The van der Waals surface area contributed by atoms with Gasteiger partial charge in [0.15, 0.2) is 0 Å². The van der Waals surface area contributed by atoms with Gasteiger partial charge in [0.1, 0.15) is 0 Å². The highest BCUT2D eigenvalue weighted by Crippen LogP contribution is 2.13. The highest BCUT2D eigenvalue weighted by molar-refractivity contribution is 5.81. The molecule has 0 amide bonds. The maximum absolute atomic E-state index is 4.67. The van der Waals surface area contributed by atoms with Crippen molar-refractivity contribution in [3.05, 3.63) is 29.6 Å². The van der Waals surface area contributed by atoms with Gasteiger partial charge in [-0.1, -0.05) is 161 Å². The Labute approximate surface area is 237 Å². The van der Waals surface area contributed by atoms with Crippen LogP contribution in [0.25, 0.3) is 0 Å². The molecular formula is C35H63N3. The van der Waals surface area contributed by atoms with E-state index in [0.29, 0.717) is 0 Å². The first-order chi connectivity index (χ1) is 18.9. The van der Waals surface area contributed by atoms with Gasteiger partial charge in [0.05, 0.1) is 11.4 Å². The Kier molecular flexibility index (Phi) is 25.9. The molecule has 3 heteroatoms. The lowest BCUT2D eigenvalue weighted by atomic mass is 10.1. The first kappa shape index (κ1) is 34.5. The fourth-order valence-corrected chi connectivity index (χ4v) is 5.02. The summed E-state index contributed by atoms with van der Waals surface area (Å²) in [5.41, 5.74) is 1.89. The Morgan fingerprint density at radius 2 is 0.737 bits per heavy atom. The van der Waals surface area contributed by atoms with E-state index in [-0.39, 0.29) is 0 Å². The molecule has 0 radical (unpaired) electrons. The van der Waals surface area contributed by atoms with Crippen molar-refractivity contribution in [2.75, 3.05) is 13.1 Å². The molecule has 1 heterocycles. The van der Waals surface area contributed by atoms with Crippen molar-refractivity contribution in [3.63, 3.8) is 0 Å². The Bertz CT molecular complexity index is 614. The molecule has 1 aromatic heterocycles. The zero-order chi connectivity index (χ0) is 27.2. The zero-order valence-corrected chi connectivity index (χ0v) is 25.6. The minimum absolute atomic E-state index is 0.913. The molecule has 0 spiro atoms. The van der Waals surface area contributed by atoms with Gasteiger partial charge in [0, 0.05) is 25.5 Å². The molecule has 0 saturated carbocycles. The summed E-state index contributed by atoms with van der Waals surface area (Å²) in [4.78, 5) is 13.9. The van der Waals surface area contributed by atoms with Crippen LogP contribution in [0, 0.1) is 0 Å². The molecule has 0 fully saturated rings. The number of nitrogens with zero attached hydrogens (tertiary/aromatic N) is 3. The van der Waals surface area contributed by atoms with E-state index in [0.717, 1.165) is 24.5 Å². The second-order valence-corrected chi connectivity index (χ2v) is 11.3. The van der Waals surface area contributed by atoms with Crippen LogP contribution in [-0.2, 0) is 0 Å². The predicted octanol–water partition coefficient (Wildman–Crippen LogP) is 11.3. The van der Waals surface area contributed by atoms with Gasteiger partial charge in [-0.25, -0.2) is 4.98 Å². The summed E-state index contributed by atoms with van der Waals surface area (Å²) in [6.07, 6.45) is 37.0.